The highest BCUT2D eigenvalue weighted by Crippen LogP contribution is 2.29. The Balaban J connectivity index is 1.54. The van der Waals surface area contributed by atoms with Gasteiger partial charge in [-0.15, -0.1) is 0 Å². The Morgan fingerprint density at radius 1 is 1.06 bits per heavy atom. The molecule has 18 heavy (non-hydrogen) atoms. The number of hydrogen-bond acceptors (Lipinski definition) is 4. The van der Waals surface area contributed by atoms with Crippen LogP contribution in [0.2, 0.25) is 0 Å². The van der Waals surface area contributed by atoms with Crippen LogP contribution in [0.4, 0.5) is 0 Å². The molecule has 0 unspecified atom stereocenters. The van der Waals surface area contributed by atoms with Crippen molar-refractivity contribution in [2.75, 3.05) is 45.9 Å². The van der Waals surface area contributed by atoms with E-state index in [1.807, 2.05) is 4.90 Å². The summed E-state index contributed by atoms with van der Waals surface area (Å²) in [6.07, 6.45) is 4.32. The predicted molar refractivity (Wildman–Crippen MR) is 66.1 cm³/mol. The summed E-state index contributed by atoms with van der Waals surface area (Å²) >= 11 is 0. The van der Waals surface area contributed by atoms with E-state index in [4.69, 9.17) is 9.47 Å². The van der Waals surface area contributed by atoms with Crippen LogP contribution in [0.3, 0.4) is 0 Å². The molecule has 1 amide bonds. The standard InChI is InChI=1S/C13H22N2O3/c16-12(15-6-1-2-7-15)10-14-5-3-4-13(11-14)17-8-9-18-13/h1-11H2. The maximum absolute atomic E-state index is 12.1. The summed E-state index contributed by atoms with van der Waals surface area (Å²) in [5.41, 5.74) is 0. The van der Waals surface area contributed by atoms with Gasteiger partial charge in [0.1, 0.15) is 0 Å². The van der Waals surface area contributed by atoms with E-state index in [2.05, 4.69) is 4.90 Å². The minimum Gasteiger partial charge on any atom is -0.346 e. The van der Waals surface area contributed by atoms with Crippen molar-refractivity contribution in [3.8, 4) is 0 Å². The number of ether oxygens (including phenoxy) is 2. The van der Waals surface area contributed by atoms with Gasteiger partial charge in [-0.25, -0.2) is 0 Å². The number of carbonyl (C=O) groups excluding carboxylic acids is 1. The Hall–Kier alpha value is -0.650. The van der Waals surface area contributed by atoms with Crippen LogP contribution in [0.5, 0.6) is 0 Å². The van der Waals surface area contributed by atoms with Crippen molar-refractivity contribution < 1.29 is 14.3 Å². The molecular weight excluding hydrogens is 232 g/mol. The molecule has 5 nitrogen and oxygen atoms in total. The molecule has 3 rings (SSSR count). The van der Waals surface area contributed by atoms with E-state index in [0.29, 0.717) is 19.8 Å². The number of carbonyl (C=O) groups is 1. The first-order valence-corrected chi connectivity index (χ1v) is 7.06. The quantitative estimate of drug-likeness (QED) is 0.717. The average molecular weight is 254 g/mol. The van der Waals surface area contributed by atoms with E-state index < -0.39 is 5.79 Å². The molecule has 0 aliphatic carbocycles. The number of piperidine rings is 1. The fourth-order valence-corrected chi connectivity index (χ4v) is 3.20. The van der Waals surface area contributed by atoms with E-state index >= 15 is 0 Å². The summed E-state index contributed by atoms with van der Waals surface area (Å²) in [7, 11) is 0. The van der Waals surface area contributed by atoms with Crippen molar-refractivity contribution in [2.45, 2.75) is 31.5 Å². The number of nitrogens with zero attached hydrogens (tertiary/aromatic N) is 2. The highest BCUT2D eigenvalue weighted by Gasteiger charge is 2.41. The molecule has 0 aromatic heterocycles. The highest BCUT2D eigenvalue weighted by atomic mass is 16.7. The number of amides is 1. The average Bonchev–Trinajstić information content (AvgIpc) is 3.01. The number of likely N-dealkylation sites (tertiary alicyclic amines) is 2. The van der Waals surface area contributed by atoms with E-state index in [-0.39, 0.29) is 5.91 Å². The van der Waals surface area contributed by atoms with Crippen molar-refractivity contribution in [3.05, 3.63) is 0 Å². The second-order valence-electron chi connectivity index (χ2n) is 5.51. The van der Waals surface area contributed by atoms with Gasteiger partial charge in [0.15, 0.2) is 5.79 Å². The zero-order valence-electron chi connectivity index (χ0n) is 10.9. The van der Waals surface area contributed by atoms with Gasteiger partial charge in [0.25, 0.3) is 0 Å². The largest absolute Gasteiger partial charge is 0.346 e. The van der Waals surface area contributed by atoms with Crippen LogP contribution in [0.15, 0.2) is 0 Å². The summed E-state index contributed by atoms with van der Waals surface area (Å²) in [5.74, 6) is -0.147. The minimum absolute atomic E-state index is 0.266. The molecule has 0 radical (unpaired) electrons. The molecule has 0 atom stereocenters. The molecule has 0 aromatic carbocycles. The van der Waals surface area contributed by atoms with Crippen molar-refractivity contribution in [1.29, 1.82) is 0 Å². The maximum atomic E-state index is 12.1. The monoisotopic (exact) mass is 254 g/mol. The number of rotatable bonds is 2. The molecule has 3 saturated heterocycles. The second kappa shape index (κ2) is 5.15. The molecule has 3 aliphatic heterocycles. The minimum atomic E-state index is -0.413. The predicted octanol–water partition coefficient (Wildman–Crippen LogP) is 0.448. The van der Waals surface area contributed by atoms with E-state index in [1.54, 1.807) is 0 Å². The molecule has 3 heterocycles. The summed E-state index contributed by atoms with van der Waals surface area (Å²) < 4.78 is 11.5. The molecular formula is C13H22N2O3. The molecule has 102 valence electrons. The highest BCUT2D eigenvalue weighted by molar-refractivity contribution is 5.78. The second-order valence-corrected chi connectivity index (χ2v) is 5.51. The Kier molecular flexibility index (Phi) is 3.54. The van der Waals surface area contributed by atoms with Gasteiger partial charge in [-0.3, -0.25) is 9.69 Å². The van der Waals surface area contributed by atoms with Gasteiger partial charge in [-0.2, -0.15) is 0 Å². The lowest BCUT2D eigenvalue weighted by molar-refractivity contribution is -0.190. The van der Waals surface area contributed by atoms with Gasteiger partial charge < -0.3 is 14.4 Å². The lowest BCUT2D eigenvalue weighted by atomic mass is 10.0. The molecule has 1 spiro atoms. The zero-order valence-corrected chi connectivity index (χ0v) is 10.9. The van der Waals surface area contributed by atoms with E-state index in [0.717, 1.165) is 51.9 Å². The third-order valence-corrected chi connectivity index (χ3v) is 4.13. The van der Waals surface area contributed by atoms with Crippen LogP contribution in [-0.4, -0.2) is 67.4 Å². The van der Waals surface area contributed by atoms with E-state index in [1.165, 1.54) is 0 Å². The molecule has 0 bridgehead atoms. The van der Waals surface area contributed by atoms with Crippen LogP contribution in [0.25, 0.3) is 0 Å². The van der Waals surface area contributed by atoms with Gasteiger partial charge in [0.2, 0.25) is 5.91 Å². The van der Waals surface area contributed by atoms with Crippen LogP contribution in [0.1, 0.15) is 25.7 Å². The first-order chi connectivity index (χ1) is 8.77. The molecule has 0 aromatic rings. The van der Waals surface area contributed by atoms with Crippen LogP contribution in [-0.2, 0) is 14.3 Å². The molecule has 0 N–H and O–H groups in total. The first-order valence-electron chi connectivity index (χ1n) is 7.06. The fourth-order valence-electron chi connectivity index (χ4n) is 3.20. The Morgan fingerprint density at radius 2 is 1.78 bits per heavy atom. The Labute approximate surface area is 108 Å². The lowest BCUT2D eigenvalue weighted by Gasteiger charge is -2.38. The van der Waals surface area contributed by atoms with Crippen molar-refractivity contribution in [1.82, 2.24) is 9.80 Å². The Bertz CT molecular complexity index is 309. The molecule has 3 aliphatic rings. The van der Waals surface area contributed by atoms with Gasteiger partial charge in [-0.1, -0.05) is 0 Å². The third-order valence-electron chi connectivity index (χ3n) is 4.13. The topological polar surface area (TPSA) is 42.0 Å². The van der Waals surface area contributed by atoms with Crippen molar-refractivity contribution in [3.63, 3.8) is 0 Å². The third kappa shape index (κ3) is 2.53. The smallest absolute Gasteiger partial charge is 0.236 e. The maximum Gasteiger partial charge on any atom is 0.236 e. The van der Waals surface area contributed by atoms with Gasteiger partial charge in [0, 0.05) is 19.5 Å². The van der Waals surface area contributed by atoms with Crippen molar-refractivity contribution in [2.24, 2.45) is 0 Å². The zero-order chi connectivity index (χ0) is 12.4. The molecule has 0 saturated carbocycles. The molecule has 5 heteroatoms. The van der Waals surface area contributed by atoms with Crippen LogP contribution < -0.4 is 0 Å². The van der Waals surface area contributed by atoms with Gasteiger partial charge in [-0.05, 0) is 25.8 Å². The first kappa shape index (κ1) is 12.4. The summed E-state index contributed by atoms with van der Waals surface area (Å²) in [6.45, 7) is 5.49. The summed E-state index contributed by atoms with van der Waals surface area (Å²) in [5, 5.41) is 0. The van der Waals surface area contributed by atoms with Crippen molar-refractivity contribution >= 4 is 5.91 Å². The SMILES string of the molecule is O=C(CN1CCCC2(C1)OCCO2)N1CCCC1. The fraction of sp³-hybridized carbons (Fsp3) is 0.923. The van der Waals surface area contributed by atoms with E-state index in [9.17, 15) is 4.79 Å². The summed E-state index contributed by atoms with van der Waals surface area (Å²) in [6, 6.07) is 0. The number of hydrogen-bond donors (Lipinski definition) is 0. The lowest BCUT2D eigenvalue weighted by Crippen LogP contribution is -2.51. The Morgan fingerprint density at radius 3 is 2.50 bits per heavy atom. The van der Waals surface area contributed by atoms with Gasteiger partial charge >= 0.3 is 0 Å². The molecule has 3 fully saturated rings. The summed E-state index contributed by atoms with van der Waals surface area (Å²) in [4.78, 5) is 16.3. The van der Waals surface area contributed by atoms with Crippen LogP contribution >= 0.6 is 0 Å². The normalized spacial score (nSPS) is 28.1. The van der Waals surface area contributed by atoms with Crippen LogP contribution in [0, 0.1) is 0 Å². The van der Waals surface area contributed by atoms with Gasteiger partial charge in [0.05, 0.1) is 26.3 Å².